The van der Waals surface area contributed by atoms with Crippen LogP contribution in [-0.4, -0.2) is 49.6 Å². The van der Waals surface area contributed by atoms with E-state index in [0.29, 0.717) is 17.3 Å². The molecule has 0 bridgehead atoms. The Balaban J connectivity index is 1.53. The highest BCUT2D eigenvalue weighted by molar-refractivity contribution is 6.30. The SMILES string of the molecule is CCCCO[C@H]1O[C@@H](CNC(=O)Nc2ccc(Cl)cc2)[C@@H]2OC(C)(C)O[C@H]12. The lowest BCUT2D eigenvalue weighted by molar-refractivity contribution is -0.232. The molecular formula is C19H27ClN2O5. The van der Waals surface area contributed by atoms with Crippen LogP contribution in [0.5, 0.6) is 0 Å². The van der Waals surface area contributed by atoms with Gasteiger partial charge in [0.05, 0.1) is 0 Å². The summed E-state index contributed by atoms with van der Waals surface area (Å²) < 4.78 is 23.7. The van der Waals surface area contributed by atoms with E-state index in [4.69, 9.17) is 30.5 Å². The molecule has 2 aliphatic heterocycles. The molecule has 0 aliphatic carbocycles. The third kappa shape index (κ3) is 5.33. The number of hydrogen-bond donors (Lipinski definition) is 2. The topological polar surface area (TPSA) is 78.1 Å². The number of benzene rings is 1. The van der Waals surface area contributed by atoms with Crippen molar-refractivity contribution in [2.75, 3.05) is 18.5 Å². The maximum atomic E-state index is 12.2. The van der Waals surface area contributed by atoms with Crippen LogP contribution in [0.15, 0.2) is 24.3 Å². The van der Waals surface area contributed by atoms with Gasteiger partial charge in [-0.3, -0.25) is 0 Å². The van der Waals surface area contributed by atoms with Gasteiger partial charge in [0.1, 0.15) is 18.3 Å². The van der Waals surface area contributed by atoms with E-state index in [9.17, 15) is 4.79 Å². The Labute approximate surface area is 164 Å². The van der Waals surface area contributed by atoms with Gasteiger partial charge in [-0.15, -0.1) is 0 Å². The Kier molecular flexibility index (Phi) is 6.60. The minimum Gasteiger partial charge on any atom is -0.350 e. The van der Waals surface area contributed by atoms with Crippen molar-refractivity contribution in [3.05, 3.63) is 29.3 Å². The Morgan fingerprint density at radius 3 is 2.63 bits per heavy atom. The van der Waals surface area contributed by atoms with Crippen LogP contribution in [0.2, 0.25) is 5.02 Å². The van der Waals surface area contributed by atoms with E-state index in [0.717, 1.165) is 12.8 Å². The molecule has 4 atom stereocenters. The van der Waals surface area contributed by atoms with Crippen LogP contribution in [0.4, 0.5) is 10.5 Å². The molecule has 2 saturated heterocycles. The fourth-order valence-corrected chi connectivity index (χ4v) is 3.31. The number of nitrogens with one attached hydrogen (secondary N) is 2. The van der Waals surface area contributed by atoms with Crippen molar-refractivity contribution >= 4 is 23.3 Å². The molecule has 0 aromatic heterocycles. The van der Waals surface area contributed by atoms with Crippen LogP contribution in [0.1, 0.15) is 33.6 Å². The average molecular weight is 399 g/mol. The molecule has 150 valence electrons. The van der Waals surface area contributed by atoms with Crippen molar-refractivity contribution in [3.8, 4) is 0 Å². The number of amides is 2. The van der Waals surface area contributed by atoms with Crippen LogP contribution in [0.3, 0.4) is 0 Å². The van der Waals surface area contributed by atoms with Crippen LogP contribution in [-0.2, 0) is 18.9 Å². The van der Waals surface area contributed by atoms with Gasteiger partial charge in [0.2, 0.25) is 0 Å². The van der Waals surface area contributed by atoms with E-state index in [1.165, 1.54) is 0 Å². The number of ether oxygens (including phenoxy) is 4. The van der Waals surface area contributed by atoms with Crippen molar-refractivity contribution in [1.82, 2.24) is 5.32 Å². The zero-order valence-electron chi connectivity index (χ0n) is 15.9. The molecule has 0 saturated carbocycles. The lowest BCUT2D eigenvalue weighted by Crippen LogP contribution is -2.41. The van der Waals surface area contributed by atoms with E-state index < -0.39 is 12.1 Å². The van der Waals surface area contributed by atoms with Gasteiger partial charge in [0.15, 0.2) is 12.1 Å². The van der Waals surface area contributed by atoms with Crippen molar-refractivity contribution in [1.29, 1.82) is 0 Å². The molecule has 0 spiro atoms. The van der Waals surface area contributed by atoms with E-state index in [1.807, 2.05) is 13.8 Å². The molecule has 2 fully saturated rings. The fourth-order valence-electron chi connectivity index (χ4n) is 3.19. The molecule has 2 aliphatic rings. The van der Waals surface area contributed by atoms with Gasteiger partial charge >= 0.3 is 6.03 Å². The molecule has 0 radical (unpaired) electrons. The summed E-state index contributed by atoms with van der Waals surface area (Å²) in [5, 5.41) is 6.18. The highest BCUT2D eigenvalue weighted by Gasteiger charge is 2.55. The van der Waals surface area contributed by atoms with Crippen molar-refractivity contribution < 1.29 is 23.7 Å². The van der Waals surface area contributed by atoms with Gasteiger partial charge in [-0.2, -0.15) is 0 Å². The Morgan fingerprint density at radius 2 is 1.93 bits per heavy atom. The van der Waals surface area contributed by atoms with Gasteiger partial charge in [-0.1, -0.05) is 24.9 Å². The highest BCUT2D eigenvalue weighted by Crippen LogP contribution is 2.39. The smallest absolute Gasteiger partial charge is 0.319 e. The summed E-state index contributed by atoms with van der Waals surface area (Å²) >= 11 is 5.85. The number of carbonyl (C=O) groups excluding carboxylic acids is 1. The third-order valence-corrected chi connectivity index (χ3v) is 4.71. The summed E-state index contributed by atoms with van der Waals surface area (Å²) in [6.07, 6.45) is 0.562. The second-order valence-corrected chi connectivity index (χ2v) is 7.61. The van der Waals surface area contributed by atoms with E-state index in [2.05, 4.69) is 17.6 Å². The number of urea groups is 1. The average Bonchev–Trinajstić information content (AvgIpc) is 3.09. The van der Waals surface area contributed by atoms with E-state index in [-0.39, 0.29) is 30.9 Å². The number of anilines is 1. The fraction of sp³-hybridized carbons (Fsp3) is 0.632. The molecule has 0 unspecified atom stereocenters. The summed E-state index contributed by atoms with van der Waals surface area (Å²) in [5.41, 5.74) is 0.657. The second kappa shape index (κ2) is 8.75. The predicted molar refractivity (Wildman–Crippen MR) is 102 cm³/mol. The quantitative estimate of drug-likeness (QED) is 0.687. The molecule has 2 N–H and O–H groups in total. The monoisotopic (exact) mass is 398 g/mol. The first-order chi connectivity index (χ1) is 12.9. The first-order valence-electron chi connectivity index (χ1n) is 9.31. The summed E-state index contributed by atoms with van der Waals surface area (Å²) in [6.45, 7) is 6.73. The van der Waals surface area contributed by atoms with Gasteiger partial charge in [0, 0.05) is 23.9 Å². The molecule has 2 amide bonds. The number of fused-ring (bicyclic) bond motifs is 1. The van der Waals surface area contributed by atoms with Crippen molar-refractivity contribution in [2.24, 2.45) is 0 Å². The van der Waals surface area contributed by atoms with Gasteiger partial charge in [-0.25, -0.2) is 4.79 Å². The summed E-state index contributed by atoms with van der Waals surface area (Å²) in [5.74, 6) is -0.699. The molecule has 7 nitrogen and oxygen atoms in total. The Morgan fingerprint density at radius 1 is 1.22 bits per heavy atom. The number of hydrogen-bond acceptors (Lipinski definition) is 5. The van der Waals surface area contributed by atoms with E-state index >= 15 is 0 Å². The Hall–Kier alpha value is -1.38. The van der Waals surface area contributed by atoms with Gasteiger partial charge in [-0.05, 0) is 44.5 Å². The normalized spacial score (nSPS) is 28.7. The first-order valence-corrected chi connectivity index (χ1v) is 9.69. The number of unbranched alkanes of at least 4 members (excludes halogenated alkanes) is 1. The first kappa shape index (κ1) is 20.4. The predicted octanol–water partition coefficient (Wildman–Crippen LogP) is 3.52. The zero-order valence-corrected chi connectivity index (χ0v) is 16.6. The van der Waals surface area contributed by atoms with Gasteiger partial charge < -0.3 is 29.6 Å². The second-order valence-electron chi connectivity index (χ2n) is 7.17. The van der Waals surface area contributed by atoms with Crippen LogP contribution in [0.25, 0.3) is 0 Å². The van der Waals surface area contributed by atoms with Crippen LogP contribution >= 0.6 is 11.6 Å². The minimum atomic E-state index is -0.699. The number of carbonyl (C=O) groups is 1. The Bertz CT molecular complexity index is 639. The van der Waals surface area contributed by atoms with Crippen molar-refractivity contribution in [2.45, 2.75) is 64.0 Å². The molecule has 1 aromatic rings. The lowest BCUT2D eigenvalue weighted by atomic mass is 10.1. The minimum absolute atomic E-state index is 0.285. The number of halogens is 1. The maximum Gasteiger partial charge on any atom is 0.319 e. The van der Waals surface area contributed by atoms with E-state index in [1.54, 1.807) is 24.3 Å². The molecule has 27 heavy (non-hydrogen) atoms. The molecule has 8 heteroatoms. The van der Waals surface area contributed by atoms with Crippen molar-refractivity contribution in [3.63, 3.8) is 0 Å². The largest absolute Gasteiger partial charge is 0.350 e. The molecular weight excluding hydrogens is 372 g/mol. The zero-order chi connectivity index (χ0) is 19.4. The third-order valence-electron chi connectivity index (χ3n) is 4.45. The van der Waals surface area contributed by atoms with Crippen LogP contribution in [0, 0.1) is 0 Å². The summed E-state index contributed by atoms with van der Waals surface area (Å²) in [6, 6.07) is 6.57. The summed E-state index contributed by atoms with van der Waals surface area (Å²) in [7, 11) is 0. The summed E-state index contributed by atoms with van der Waals surface area (Å²) in [4.78, 5) is 12.2. The lowest BCUT2D eigenvalue weighted by Gasteiger charge is -2.24. The molecule has 1 aromatic carbocycles. The molecule has 3 rings (SSSR count). The standard InChI is InChI=1S/C19H27ClN2O5/c1-4-5-10-24-17-16-15(26-19(2,3)27-16)14(25-17)11-21-18(23)22-13-8-6-12(20)7-9-13/h6-9,14-17H,4-5,10-11H2,1-3H3,(H2,21,22,23)/t14-,15-,16-,17-/m0/s1. The van der Waals surface area contributed by atoms with Crippen LogP contribution < -0.4 is 10.6 Å². The highest BCUT2D eigenvalue weighted by atomic mass is 35.5. The number of rotatable bonds is 7. The van der Waals surface area contributed by atoms with Gasteiger partial charge in [0.25, 0.3) is 0 Å². The maximum absolute atomic E-state index is 12.2. The molecule has 2 heterocycles.